The highest BCUT2D eigenvalue weighted by atomic mass is 16.1. The maximum absolute atomic E-state index is 11.5. The molecule has 10 rings (SSSR count). The molecule has 0 fully saturated rings. The Morgan fingerprint density at radius 2 is 0.860 bits per heavy atom. The van der Waals surface area contributed by atoms with Crippen molar-refractivity contribution in [3.8, 4) is 0 Å². The molecule has 8 aromatic heterocycles. The second-order valence-corrected chi connectivity index (χ2v) is 31.3. The fraction of sp³-hybridized carbons (Fsp3) is 0.484. The lowest BCUT2D eigenvalue weighted by Gasteiger charge is -2.15. The van der Waals surface area contributed by atoms with Crippen LogP contribution in [0.15, 0.2) is 223 Å². The van der Waals surface area contributed by atoms with Gasteiger partial charge in [-0.3, -0.25) is 24.4 Å². The molecule has 16 heteroatoms. The predicted octanol–water partition coefficient (Wildman–Crippen LogP) is 19.5. The number of rotatable bonds is 20. The molecular formula is C91H135N13O3. The van der Waals surface area contributed by atoms with E-state index in [-0.39, 0.29) is 16.7 Å². The molecule has 2 aromatic carbocycles. The van der Waals surface area contributed by atoms with Crippen LogP contribution in [0.4, 0.5) is 0 Å². The van der Waals surface area contributed by atoms with Crippen LogP contribution in [-0.2, 0) is 78.9 Å². The lowest BCUT2D eigenvalue weighted by molar-refractivity contribution is 0.535. The Balaban J connectivity index is 0.000000595. The van der Waals surface area contributed by atoms with E-state index in [0.29, 0.717) is 53.3 Å². The van der Waals surface area contributed by atoms with E-state index in [1.807, 2.05) is 85.7 Å². The normalized spacial score (nSPS) is 10.7. The van der Waals surface area contributed by atoms with Crippen molar-refractivity contribution in [1.29, 1.82) is 0 Å². The van der Waals surface area contributed by atoms with Crippen molar-refractivity contribution < 1.29 is 0 Å². The molecular weight excluding hydrogens is 1320 g/mol. The third-order valence-corrected chi connectivity index (χ3v) is 15.5. The van der Waals surface area contributed by atoms with Gasteiger partial charge >= 0.3 is 0 Å². The molecule has 582 valence electrons. The monoisotopic (exact) mass is 1460 g/mol. The molecule has 107 heavy (non-hydrogen) atoms. The van der Waals surface area contributed by atoms with Crippen molar-refractivity contribution in [2.45, 2.75) is 209 Å². The Labute approximate surface area is 645 Å². The summed E-state index contributed by atoms with van der Waals surface area (Å²) < 4.78 is 4.83. The highest BCUT2D eigenvalue weighted by Crippen LogP contribution is 2.22. The van der Waals surface area contributed by atoms with Gasteiger partial charge in [-0.25, -0.2) is 19.9 Å². The first-order valence-corrected chi connectivity index (χ1v) is 38.6. The molecule has 1 unspecified atom stereocenters. The topological polar surface area (TPSA) is 195 Å². The van der Waals surface area contributed by atoms with Crippen molar-refractivity contribution in [1.82, 2.24) is 64.0 Å². The first kappa shape index (κ1) is 95.7. The Morgan fingerprint density at radius 3 is 1.36 bits per heavy atom. The Kier molecular flexibility index (Phi) is 50.9. The summed E-state index contributed by atoms with van der Waals surface area (Å²) in [5.41, 5.74) is 11.1. The van der Waals surface area contributed by atoms with Crippen LogP contribution in [-0.4, -0.2) is 64.0 Å². The number of hydrogen-bond donors (Lipinski definition) is 0. The highest BCUT2D eigenvalue weighted by molar-refractivity contribution is 5.20. The molecule has 0 aliphatic rings. The molecule has 0 aliphatic heterocycles. The number of hydrogen-bond acceptors (Lipinski definition) is 13. The van der Waals surface area contributed by atoms with Gasteiger partial charge < -0.3 is 13.7 Å². The van der Waals surface area contributed by atoms with Crippen molar-refractivity contribution in [2.24, 2.45) is 80.3 Å². The molecule has 10 aromatic rings. The van der Waals surface area contributed by atoms with Gasteiger partial charge in [0, 0.05) is 120 Å². The summed E-state index contributed by atoms with van der Waals surface area (Å²) >= 11 is 0. The van der Waals surface area contributed by atoms with E-state index < -0.39 is 0 Å². The van der Waals surface area contributed by atoms with E-state index in [0.717, 1.165) is 91.5 Å². The zero-order valence-electron chi connectivity index (χ0n) is 69.9. The van der Waals surface area contributed by atoms with Gasteiger partial charge in [-0.15, -0.1) is 0 Å². The van der Waals surface area contributed by atoms with Gasteiger partial charge in [0.25, 0.3) is 11.1 Å². The third kappa shape index (κ3) is 50.8. The smallest absolute Gasteiger partial charge is 0.253 e. The molecule has 0 bridgehead atoms. The zero-order chi connectivity index (χ0) is 80.1. The SMILES string of the molecule is CC(C)C(C)c1ccccc1.CC(C)Cc1ccc(=O)n(C)c1.CC(C)Cc1ccccc1.CC(C)Cc1cccn(C)c1=O.CC(C)Cc1cccnn1.CC(C)Cc1ccn(C)c(=O)c1.CC(C)Cc1ccnnc1.CC(C)Cc1cnccn1.CC(C)Cc1cncnc1.CC(C)Cc1ncccn1. The second-order valence-electron chi connectivity index (χ2n) is 31.3. The minimum absolute atomic E-state index is 0.0579. The van der Waals surface area contributed by atoms with Crippen LogP contribution in [0.5, 0.6) is 0 Å². The van der Waals surface area contributed by atoms with Crippen LogP contribution in [0.25, 0.3) is 0 Å². The molecule has 0 saturated carbocycles. The minimum atomic E-state index is 0.0579. The van der Waals surface area contributed by atoms with Crippen molar-refractivity contribution >= 4 is 0 Å². The van der Waals surface area contributed by atoms with E-state index in [1.54, 1.807) is 96.7 Å². The Hall–Kier alpha value is -9.31. The molecule has 1 atom stereocenters. The first-order chi connectivity index (χ1) is 50.7. The van der Waals surface area contributed by atoms with Gasteiger partial charge in [-0.1, -0.05) is 218 Å². The maximum atomic E-state index is 11.5. The summed E-state index contributed by atoms with van der Waals surface area (Å²) in [5.74, 6) is 8.26. The number of benzene rings is 2. The van der Waals surface area contributed by atoms with E-state index >= 15 is 0 Å². The molecule has 0 N–H and O–H groups in total. The maximum Gasteiger partial charge on any atom is 0.253 e. The summed E-state index contributed by atoms with van der Waals surface area (Å²) in [6, 6.07) is 40.1. The number of aryl methyl sites for hydroxylation is 3. The van der Waals surface area contributed by atoms with Crippen LogP contribution < -0.4 is 16.7 Å². The Morgan fingerprint density at radius 1 is 0.327 bits per heavy atom. The molecule has 0 spiro atoms. The summed E-state index contributed by atoms with van der Waals surface area (Å²) in [6.07, 6.45) is 34.1. The number of aromatic nitrogens is 13. The van der Waals surface area contributed by atoms with Gasteiger partial charge in [0.05, 0.1) is 17.6 Å². The van der Waals surface area contributed by atoms with Crippen LogP contribution >= 0.6 is 0 Å². The van der Waals surface area contributed by atoms with E-state index in [2.05, 4.69) is 256 Å². The van der Waals surface area contributed by atoms with Gasteiger partial charge in [0.1, 0.15) is 12.2 Å². The fourth-order valence-electron chi connectivity index (χ4n) is 10.2. The van der Waals surface area contributed by atoms with E-state index in [4.69, 9.17) is 0 Å². The quantitative estimate of drug-likeness (QED) is 0.0700. The molecule has 16 nitrogen and oxygen atoms in total. The van der Waals surface area contributed by atoms with Gasteiger partial charge in [0.2, 0.25) is 5.56 Å². The van der Waals surface area contributed by atoms with E-state index in [1.165, 1.54) is 34.2 Å². The summed E-state index contributed by atoms with van der Waals surface area (Å²) in [7, 11) is 5.33. The molecule has 0 aliphatic carbocycles. The number of nitrogens with zero attached hydrogens (tertiary/aromatic N) is 13. The van der Waals surface area contributed by atoms with Gasteiger partial charge in [0.15, 0.2) is 0 Å². The van der Waals surface area contributed by atoms with Gasteiger partial charge in [-0.05, 0) is 186 Å². The van der Waals surface area contributed by atoms with E-state index in [9.17, 15) is 14.4 Å². The highest BCUT2D eigenvalue weighted by Gasteiger charge is 2.09. The van der Waals surface area contributed by atoms with Crippen molar-refractivity contribution in [3.05, 3.63) is 295 Å². The third-order valence-electron chi connectivity index (χ3n) is 15.5. The second kappa shape index (κ2) is 56.9. The van der Waals surface area contributed by atoms with Crippen LogP contribution in [0.1, 0.15) is 207 Å². The lowest BCUT2D eigenvalue weighted by Crippen LogP contribution is -2.20. The first-order valence-electron chi connectivity index (χ1n) is 38.6. The van der Waals surface area contributed by atoms with Gasteiger partial charge in [-0.2, -0.15) is 20.4 Å². The fourth-order valence-corrected chi connectivity index (χ4v) is 10.2. The van der Waals surface area contributed by atoms with Crippen LogP contribution in [0.3, 0.4) is 0 Å². The summed E-state index contributed by atoms with van der Waals surface area (Å²) in [6.45, 7) is 46.0. The minimum Gasteiger partial charge on any atom is -0.319 e. The average molecular weight is 1460 g/mol. The molecule has 0 amide bonds. The lowest BCUT2D eigenvalue weighted by atomic mass is 9.91. The Bertz CT molecular complexity index is 3590. The van der Waals surface area contributed by atoms with Crippen LogP contribution in [0, 0.1) is 59.2 Å². The molecule has 0 radical (unpaired) electrons. The summed E-state index contributed by atoms with van der Waals surface area (Å²) in [5, 5.41) is 15.2. The van der Waals surface area contributed by atoms with Crippen LogP contribution in [0.2, 0.25) is 0 Å². The van der Waals surface area contributed by atoms with Crippen molar-refractivity contribution in [2.75, 3.05) is 0 Å². The summed E-state index contributed by atoms with van der Waals surface area (Å²) in [4.78, 5) is 57.9. The average Bonchev–Trinajstić information content (AvgIpc) is 0.878. The largest absolute Gasteiger partial charge is 0.319 e. The molecule has 0 saturated heterocycles. The number of pyridine rings is 3. The van der Waals surface area contributed by atoms with Crippen molar-refractivity contribution in [3.63, 3.8) is 0 Å². The zero-order valence-corrected chi connectivity index (χ0v) is 69.9. The standard InChI is InChI=1S/C11H16.3C10H15NO.C10H14.5C8H12N2/c1-9(2)10(3)11-7-5-4-6-8-11;1-8(2)6-9-4-5-11(3)10(12)7-9;1-8(2)6-9-4-5-10(12)11(3)7-9;1-8(2)7-9-5-4-6-11(3)10(9)12;1-9(2)8-10-6-4-3-5-7-10;1-7(2)3-8-4-9-6-10-5-8;1-7(2)5-8-6-9-3-4-10-8;1-7(2)5-8-3-4-9-10-6-8;1-7(2)6-8-9-4-3-5-10-8;1-7(2)6-8-4-3-5-9-10-8/h4-10H,1-3H3;2*4-5,7-8H,6H2,1-3H3;4-6,8H,7H2,1-3H3;3-7,9H,8H2,1-2H3;4-7H,3H2,1-2H3;2*3-4,6-7H,5H2,1-2H3;2*3-5,7H,6H2,1-2H3. The molecule has 8 heterocycles. The predicted molar refractivity (Wildman–Crippen MR) is 448 cm³/mol.